The first-order valence-corrected chi connectivity index (χ1v) is 51.6. The van der Waals surface area contributed by atoms with Crippen molar-refractivity contribution in [2.45, 2.75) is 381 Å². The lowest BCUT2D eigenvalue weighted by molar-refractivity contribution is -0.156. The lowest BCUT2D eigenvalue weighted by Crippen LogP contribution is -2.59. The van der Waals surface area contributed by atoms with Crippen LogP contribution in [-0.2, 0) is 78.2 Å². The molecule has 0 fully saturated rings. The van der Waals surface area contributed by atoms with Crippen LogP contribution in [0, 0.1) is 58.3 Å². The van der Waals surface area contributed by atoms with Crippen molar-refractivity contribution in [2.24, 2.45) is 29.4 Å². The molecule has 2 aliphatic rings. The summed E-state index contributed by atoms with van der Waals surface area (Å²) in [5.41, 5.74) is 23.8. The number of fused-ring (bicyclic) bond motifs is 9. The van der Waals surface area contributed by atoms with Gasteiger partial charge in [-0.2, -0.15) is 0 Å². The molecule has 0 aliphatic carbocycles. The van der Waals surface area contributed by atoms with Gasteiger partial charge in [0.1, 0.15) is 71.5 Å². The van der Waals surface area contributed by atoms with E-state index >= 15 is 4.79 Å². The SMILES string of the molecule is CC/C=C(\C)C1=C(C)c2nc1c(C)c1[nH]c(cc3nc(c(C)c4[nH]c(c2C)c(/C(C)=C/CC)c4C)C(C)=C3CCC(=O)O)c(CCC(=O)NCCCC[C@H](NC(=O)[C@H](CC(C)C)NC(=O)[C@H](CC(C)C)NC(=O)OC(C)(C)C)C(=O)N[C@@H](C)C(=O)N[C@@H](C)C(=O)N[C@@H](C)C(=O)N[C@@H](C)C(=O)N[C@@H](CC(C)C)C(=O)N[C@@H](CC(C)C)C(=O)C(C(=O)NCCCC[C@H](N)C(=O)OC(C)(C)C)c2cccc3ccccc23)c1C. The summed E-state index contributed by atoms with van der Waals surface area (Å²) in [7, 11) is 0. The van der Waals surface area contributed by atoms with E-state index in [1.807, 2.05) is 106 Å². The fourth-order valence-electron chi connectivity index (χ4n) is 18.5. The van der Waals surface area contributed by atoms with Crippen molar-refractivity contribution in [1.82, 2.24) is 78.4 Å². The largest absolute Gasteiger partial charge is 0.481 e. The normalized spacial score (nSPS) is 14.9. The molecule has 0 saturated carbocycles. The molecule has 11 atom stereocenters. The van der Waals surface area contributed by atoms with Crippen molar-refractivity contribution in [3.63, 3.8) is 0 Å². The van der Waals surface area contributed by atoms with Crippen LogP contribution in [0.2, 0.25) is 0 Å². The van der Waals surface area contributed by atoms with Crippen molar-refractivity contribution in [1.29, 1.82) is 0 Å². The van der Waals surface area contributed by atoms with Gasteiger partial charge in [0.2, 0.25) is 59.1 Å². The molecule has 1 unspecified atom stereocenters. The Kier molecular flexibility index (Phi) is 44.4. The molecular weight excluding hydrogens is 1840 g/mol. The molecule has 794 valence electrons. The molecule has 5 heterocycles. The molecule has 33 nitrogen and oxygen atoms in total. The maximum Gasteiger partial charge on any atom is 0.408 e. The number of rotatable bonds is 50. The molecule has 7 rings (SSSR count). The number of hydrogen-bond donors (Lipinski definition) is 15. The van der Waals surface area contributed by atoms with Gasteiger partial charge in [-0.15, -0.1) is 0 Å². The van der Waals surface area contributed by atoms with Gasteiger partial charge < -0.3 is 88.8 Å². The van der Waals surface area contributed by atoms with Crippen molar-refractivity contribution < 1.29 is 81.7 Å². The van der Waals surface area contributed by atoms with Gasteiger partial charge in [-0.3, -0.25) is 62.3 Å². The maximum absolute atomic E-state index is 15.2. The van der Waals surface area contributed by atoms with Gasteiger partial charge in [-0.25, -0.2) is 14.8 Å². The van der Waals surface area contributed by atoms with Gasteiger partial charge in [0.15, 0.2) is 5.78 Å². The highest BCUT2D eigenvalue weighted by Gasteiger charge is 2.40. The van der Waals surface area contributed by atoms with E-state index in [2.05, 4.69) is 136 Å². The summed E-state index contributed by atoms with van der Waals surface area (Å²) in [5.74, 6) is -11.3. The number of carboxylic acid groups (broad SMARTS) is 1. The summed E-state index contributed by atoms with van der Waals surface area (Å²) in [6.45, 7) is 53.7. The fraction of sp³-hybridized carbons (Fsp3) is 0.571. The Balaban J connectivity index is 1.08. The molecule has 3 aromatic heterocycles. The number of nitrogens with two attached hydrogens (primary N) is 1. The first-order valence-electron chi connectivity index (χ1n) is 51.6. The van der Waals surface area contributed by atoms with Gasteiger partial charge in [0, 0.05) is 53.6 Å². The zero-order valence-corrected chi connectivity index (χ0v) is 91.1. The number of aromatic amines is 2. The molecule has 2 aliphatic heterocycles. The first kappa shape index (κ1) is 119. The van der Waals surface area contributed by atoms with Crippen molar-refractivity contribution in [2.75, 3.05) is 13.1 Å². The number of Topliss-reactive ketones (excluding diaryl/α,β-unsaturated/α-hetero) is 1. The average Bonchev–Trinajstić information content (AvgIpc) is 1.59. The highest BCUT2D eigenvalue weighted by molar-refractivity contribution is 6.13. The number of amides is 11. The second-order valence-corrected chi connectivity index (χ2v) is 42.7. The first-order chi connectivity index (χ1) is 67.9. The Hall–Kier alpha value is -12.7. The van der Waals surface area contributed by atoms with Gasteiger partial charge >= 0.3 is 18.0 Å². The van der Waals surface area contributed by atoms with Crippen LogP contribution in [0.3, 0.4) is 0 Å². The van der Waals surface area contributed by atoms with E-state index in [0.29, 0.717) is 41.4 Å². The monoisotopic (exact) mass is 2010 g/mol. The van der Waals surface area contributed by atoms with Crippen LogP contribution in [0.4, 0.5) is 4.79 Å². The van der Waals surface area contributed by atoms with Crippen molar-refractivity contribution >= 4 is 144 Å². The third kappa shape index (κ3) is 34.0. The van der Waals surface area contributed by atoms with E-state index in [9.17, 15) is 67.4 Å². The minimum atomic E-state index is -1.40. The van der Waals surface area contributed by atoms with Crippen LogP contribution < -0.4 is 64.2 Å². The number of esters is 1. The van der Waals surface area contributed by atoms with E-state index < -0.39 is 155 Å². The molecule has 2 aromatic carbocycles. The number of aliphatic carboxylic acids is 1. The number of aromatic nitrogens is 4. The van der Waals surface area contributed by atoms with Gasteiger partial charge in [0.25, 0.3) is 0 Å². The summed E-state index contributed by atoms with van der Waals surface area (Å²) < 4.78 is 10.9. The van der Waals surface area contributed by atoms with Crippen LogP contribution >= 0.6 is 0 Å². The summed E-state index contributed by atoms with van der Waals surface area (Å²) in [6.07, 6.45) is 7.67. The highest BCUT2D eigenvalue weighted by Crippen LogP contribution is 2.44. The number of ketones is 1. The van der Waals surface area contributed by atoms with E-state index in [0.717, 1.165) is 124 Å². The van der Waals surface area contributed by atoms with Crippen LogP contribution in [0.25, 0.3) is 60.7 Å². The number of aryl methyl sites for hydroxylation is 6. The summed E-state index contributed by atoms with van der Waals surface area (Å²) in [6, 6.07) is 2.12. The second kappa shape index (κ2) is 54.0. The maximum atomic E-state index is 15.2. The Morgan fingerprint density at radius 3 is 1.43 bits per heavy atom. The van der Waals surface area contributed by atoms with Crippen molar-refractivity contribution in [3.8, 4) is 0 Å². The number of benzene rings is 2. The summed E-state index contributed by atoms with van der Waals surface area (Å²) in [4.78, 5) is 216. The van der Waals surface area contributed by atoms with Gasteiger partial charge in [0.05, 0.1) is 34.3 Å². The molecule has 0 spiro atoms. The number of carbonyl (C=O) groups excluding carboxylic acids is 13. The summed E-state index contributed by atoms with van der Waals surface area (Å²) in [5, 5.41) is 41.8. The van der Waals surface area contributed by atoms with Crippen LogP contribution in [0.1, 0.15) is 336 Å². The number of hydrogen-bond acceptors (Lipinski definition) is 19. The number of nitrogens with one attached hydrogen (secondary N) is 13. The van der Waals surface area contributed by atoms with Gasteiger partial charge in [-0.05, 0) is 329 Å². The molecule has 16 N–H and O–H groups in total. The molecule has 5 aromatic rings. The Labute approximate surface area is 856 Å². The number of carbonyl (C=O) groups is 14. The molecule has 11 amide bonds. The molecule has 33 heteroatoms. The number of nitrogens with zero attached hydrogens (tertiary/aromatic N) is 2. The number of allylic oxidation sites excluding steroid dienone is 8. The molecule has 0 saturated heterocycles. The molecule has 8 bridgehead atoms. The predicted molar refractivity (Wildman–Crippen MR) is 571 cm³/mol. The summed E-state index contributed by atoms with van der Waals surface area (Å²) >= 11 is 0. The molecular formula is C112H164N16O17. The van der Waals surface area contributed by atoms with Crippen LogP contribution in [0.5, 0.6) is 0 Å². The third-order valence-corrected chi connectivity index (χ3v) is 26.0. The van der Waals surface area contributed by atoms with E-state index in [-0.39, 0.29) is 113 Å². The lowest BCUT2D eigenvalue weighted by Gasteiger charge is -2.28. The number of unbranched alkanes of at least 4 members (excludes halogenated alkanes) is 2. The minimum Gasteiger partial charge on any atom is -0.481 e. The standard InChI is InChI=1S/C112H164N16O17/c1-30-39-62(11)90-66(15)95-68(17)93-65(14)77(48-50-89(130)131)83(120-93)57-82-76(64(13)94(121-82)69(18)97-91(63(12)40-31-2)67(16)96(128-97)70(19)98(90)127-95)47-49-88(129)114-51-37-35-46-81(122-105(138)86(55-60(7)8)125-107(140)87(56-61(9)10)126-110(143)145-112(27,28)29)104(137)119-73(22)102(135)117-71(20)100(133)116-72(21)101(134)118-74(23)103(136)124-85(54-59(5)6)106(139)123-84(53-58(3)4)99(132)92(79-44-38-42-75-41-32-33-43-78(75)79)108(141)115-52-36-34-45-80(113)109(142)144-111(24,25)26/h32-33,38-44,57-61,71-74,80-81,84-87,92,121,127H,30-31,34-37,45-56,113H2,1-29H3,(H,114,129)(H,115,141)(H,116,133)(H,117,135)(H,118,134)(H,119,137)(H,122,138)(H,123,139)(H,124,136)(H,125,140)(H,126,143)(H,130,131)/b62-39+,63-40+,82-57?,83-57?,93-68?,94-69?,95-68?,96-70?,97-69?,98-70?/t71-,72-,73-,74-,80-,81-,84-,85-,86-,87-,92?/m0/s1. The van der Waals surface area contributed by atoms with Gasteiger partial charge in [-0.1, -0.05) is 124 Å². The fourth-order valence-corrected chi connectivity index (χ4v) is 18.5. The Morgan fingerprint density at radius 2 is 0.897 bits per heavy atom. The highest BCUT2D eigenvalue weighted by atomic mass is 16.6. The predicted octanol–water partition coefficient (Wildman–Crippen LogP) is 15.5. The van der Waals surface area contributed by atoms with Crippen LogP contribution in [0.15, 0.2) is 66.3 Å². The Morgan fingerprint density at radius 1 is 0.448 bits per heavy atom. The zero-order valence-electron chi connectivity index (χ0n) is 91.1. The topological polar surface area (TPSA) is 493 Å². The lowest BCUT2D eigenvalue weighted by atomic mass is 9.84. The number of alkyl carbamates (subject to hydrolysis) is 1. The smallest absolute Gasteiger partial charge is 0.408 e. The molecule has 0 radical (unpaired) electrons. The number of carboxylic acids is 1. The quantitative estimate of drug-likeness (QED) is 0.00977. The second-order valence-electron chi connectivity index (χ2n) is 42.7. The number of ether oxygens (including phenoxy) is 2. The van der Waals surface area contributed by atoms with E-state index in [4.69, 9.17) is 25.2 Å². The molecule has 145 heavy (non-hydrogen) atoms. The minimum absolute atomic E-state index is 0.0273. The van der Waals surface area contributed by atoms with Crippen LogP contribution in [-0.4, -0.2) is 193 Å². The third-order valence-electron chi connectivity index (χ3n) is 26.0. The Bertz CT molecular complexity index is 5890. The number of H-pyrrole nitrogens is 2. The average molecular weight is 2010 g/mol. The van der Waals surface area contributed by atoms with E-state index in [1.165, 1.54) is 27.7 Å². The van der Waals surface area contributed by atoms with E-state index in [1.54, 1.807) is 59.7 Å². The zero-order chi connectivity index (χ0) is 108. The van der Waals surface area contributed by atoms with Crippen molar-refractivity contribution in [3.05, 3.63) is 134 Å².